The van der Waals surface area contributed by atoms with Gasteiger partial charge in [-0.3, -0.25) is 4.79 Å². The molecule has 1 rings (SSSR count). The van der Waals surface area contributed by atoms with Crippen molar-refractivity contribution >= 4 is 5.91 Å². The van der Waals surface area contributed by atoms with Gasteiger partial charge in [-0.05, 0) is 17.7 Å². The molecule has 0 spiro atoms. The van der Waals surface area contributed by atoms with E-state index in [1.807, 2.05) is 18.2 Å². The Balaban J connectivity index is 2.59. The van der Waals surface area contributed by atoms with E-state index in [0.29, 0.717) is 31.2 Å². The molecule has 1 aromatic carbocycles. The molecule has 0 saturated heterocycles. The summed E-state index contributed by atoms with van der Waals surface area (Å²) in [5.41, 5.74) is 0.852. The summed E-state index contributed by atoms with van der Waals surface area (Å²) in [5.74, 6) is 1.35. The number of amides is 1. The molecule has 0 aliphatic carbocycles. The van der Waals surface area contributed by atoms with Gasteiger partial charge in [-0.1, -0.05) is 19.9 Å². The Bertz CT molecular complexity index is 503. The molecule has 1 aromatic rings. The highest BCUT2D eigenvalue weighted by molar-refractivity contribution is 5.78. The van der Waals surface area contributed by atoms with Crippen LogP contribution in [0.2, 0.25) is 0 Å². The molecule has 23 heavy (non-hydrogen) atoms. The summed E-state index contributed by atoms with van der Waals surface area (Å²) in [4.78, 5) is 11.8. The first-order valence-corrected chi connectivity index (χ1v) is 7.63. The van der Waals surface area contributed by atoms with E-state index in [2.05, 4.69) is 24.5 Å². The minimum atomic E-state index is -0.220. The molecule has 6 heteroatoms. The smallest absolute Gasteiger partial charge is 0.233 e. The lowest BCUT2D eigenvalue weighted by Crippen LogP contribution is -2.41. The topological polar surface area (TPSA) is 68.8 Å². The Morgan fingerprint density at radius 1 is 1.13 bits per heavy atom. The molecule has 0 atom stereocenters. The molecule has 6 nitrogen and oxygen atoms in total. The Morgan fingerprint density at radius 2 is 1.83 bits per heavy atom. The molecule has 0 aromatic heterocycles. The molecular weight excluding hydrogens is 296 g/mol. The highest BCUT2D eigenvalue weighted by Gasteiger charge is 2.23. The van der Waals surface area contributed by atoms with Crippen molar-refractivity contribution in [3.63, 3.8) is 0 Å². The van der Waals surface area contributed by atoms with Crippen LogP contribution in [0.3, 0.4) is 0 Å². The highest BCUT2D eigenvalue weighted by Crippen LogP contribution is 2.32. The minimum absolute atomic E-state index is 0.0327. The highest BCUT2D eigenvalue weighted by atomic mass is 16.5. The van der Waals surface area contributed by atoms with E-state index in [1.54, 1.807) is 21.3 Å². The molecule has 0 heterocycles. The van der Waals surface area contributed by atoms with Gasteiger partial charge in [0.2, 0.25) is 5.91 Å². The number of ether oxygens (including phenoxy) is 3. The van der Waals surface area contributed by atoms with E-state index in [1.165, 1.54) is 0 Å². The average molecular weight is 324 g/mol. The van der Waals surface area contributed by atoms with Crippen LogP contribution in [0.5, 0.6) is 11.5 Å². The Morgan fingerprint density at radius 3 is 2.43 bits per heavy atom. The summed E-state index contributed by atoms with van der Waals surface area (Å²) in [6, 6.07) is 5.82. The third-order valence-electron chi connectivity index (χ3n) is 3.66. The molecule has 0 bridgehead atoms. The zero-order valence-electron chi connectivity index (χ0n) is 14.7. The van der Waals surface area contributed by atoms with Gasteiger partial charge in [0.15, 0.2) is 11.5 Å². The van der Waals surface area contributed by atoms with Crippen LogP contribution in [0.4, 0.5) is 0 Å². The number of benzene rings is 1. The van der Waals surface area contributed by atoms with Crippen molar-refractivity contribution in [1.82, 2.24) is 10.6 Å². The second-order valence-electron chi connectivity index (χ2n) is 5.90. The van der Waals surface area contributed by atoms with Crippen molar-refractivity contribution in [3.8, 4) is 11.5 Å². The first-order valence-electron chi connectivity index (χ1n) is 7.63. The van der Waals surface area contributed by atoms with E-state index in [4.69, 9.17) is 14.2 Å². The largest absolute Gasteiger partial charge is 0.493 e. The van der Waals surface area contributed by atoms with E-state index in [9.17, 15) is 4.79 Å². The van der Waals surface area contributed by atoms with Crippen LogP contribution < -0.4 is 20.1 Å². The van der Waals surface area contributed by atoms with Gasteiger partial charge >= 0.3 is 0 Å². The van der Waals surface area contributed by atoms with Gasteiger partial charge in [-0.15, -0.1) is 0 Å². The van der Waals surface area contributed by atoms with Crippen molar-refractivity contribution in [3.05, 3.63) is 23.8 Å². The van der Waals surface area contributed by atoms with Gasteiger partial charge in [0.05, 0.1) is 27.4 Å². The monoisotopic (exact) mass is 324 g/mol. The maximum absolute atomic E-state index is 11.8. The predicted octanol–water partition coefficient (Wildman–Crippen LogP) is 1.33. The van der Waals surface area contributed by atoms with Crippen LogP contribution in [-0.4, -0.2) is 53.5 Å². The fraction of sp³-hybridized carbons (Fsp3) is 0.588. The predicted molar refractivity (Wildman–Crippen MR) is 90.3 cm³/mol. The fourth-order valence-electron chi connectivity index (χ4n) is 2.12. The quantitative estimate of drug-likeness (QED) is 0.636. The van der Waals surface area contributed by atoms with E-state index in [0.717, 1.165) is 5.56 Å². The van der Waals surface area contributed by atoms with Gasteiger partial charge in [-0.2, -0.15) is 0 Å². The standard InChI is InChI=1S/C17H28N2O4/c1-17(2,12-19-16(20)11-18-8-9-21-3)13-6-7-14(22-4)15(10-13)23-5/h6-7,10,18H,8-9,11-12H2,1-5H3,(H,19,20). The van der Waals surface area contributed by atoms with Crippen molar-refractivity contribution in [2.75, 3.05) is 47.6 Å². The van der Waals surface area contributed by atoms with Gasteiger partial charge in [0.1, 0.15) is 0 Å². The maximum Gasteiger partial charge on any atom is 0.233 e. The fourth-order valence-corrected chi connectivity index (χ4v) is 2.12. The van der Waals surface area contributed by atoms with Gasteiger partial charge < -0.3 is 24.8 Å². The summed E-state index contributed by atoms with van der Waals surface area (Å²) in [6.07, 6.45) is 0. The Labute approximate surface area is 138 Å². The first-order chi connectivity index (χ1) is 10.9. The van der Waals surface area contributed by atoms with Crippen LogP contribution in [0.15, 0.2) is 18.2 Å². The summed E-state index contributed by atoms with van der Waals surface area (Å²) in [7, 11) is 4.86. The van der Waals surface area contributed by atoms with Crippen molar-refractivity contribution in [2.45, 2.75) is 19.3 Å². The zero-order valence-corrected chi connectivity index (χ0v) is 14.7. The van der Waals surface area contributed by atoms with Crippen molar-refractivity contribution in [2.24, 2.45) is 0 Å². The van der Waals surface area contributed by atoms with Crippen LogP contribution in [0.1, 0.15) is 19.4 Å². The van der Waals surface area contributed by atoms with E-state index in [-0.39, 0.29) is 17.9 Å². The number of carbonyl (C=O) groups is 1. The number of hydrogen-bond acceptors (Lipinski definition) is 5. The third kappa shape index (κ3) is 6.08. The van der Waals surface area contributed by atoms with Crippen LogP contribution in [0.25, 0.3) is 0 Å². The average Bonchev–Trinajstić information content (AvgIpc) is 2.56. The van der Waals surface area contributed by atoms with Gasteiger partial charge in [0, 0.05) is 25.6 Å². The number of rotatable bonds is 10. The molecule has 0 saturated carbocycles. The summed E-state index contributed by atoms with van der Waals surface area (Å²) >= 11 is 0. The number of methoxy groups -OCH3 is 3. The van der Waals surface area contributed by atoms with Crippen molar-refractivity contribution < 1.29 is 19.0 Å². The first kappa shape index (κ1) is 19.3. The van der Waals surface area contributed by atoms with Crippen LogP contribution >= 0.6 is 0 Å². The normalized spacial score (nSPS) is 11.2. The summed E-state index contributed by atoms with van der Waals surface area (Å²) in [6.45, 7) is 6.21. The molecule has 0 aliphatic heterocycles. The molecule has 0 radical (unpaired) electrons. The van der Waals surface area contributed by atoms with Crippen LogP contribution in [0, 0.1) is 0 Å². The number of carbonyl (C=O) groups excluding carboxylic acids is 1. The molecule has 1 amide bonds. The molecular formula is C17H28N2O4. The summed E-state index contributed by atoms with van der Waals surface area (Å²) in [5, 5.41) is 5.97. The van der Waals surface area contributed by atoms with Crippen molar-refractivity contribution in [1.29, 1.82) is 0 Å². The Kier molecular flexibility index (Phi) is 7.85. The number of nitrogens with one attached hydrogen (secondary N) is 2. The second kappa shape index (κ2) is 9.37. The molecule has 0 fully saturated rings. The molecule has 0 unspecified atom stereocenters. The van der Waals surface area contributed by atoms with Crippen LogP contribution in [-0.2, 0) is 14.9 Å². The van der Waals surface area contributed by atoms with E-state index < -0.39 is 0 Å². The lowest BCUT2D eigenvalue weighted by molar-refractivity contribution is -0.120. The lowest BCUT2D eigenvalue weighted by atomic mass is 9.84. The number of hydrogen-bond donors (Lipinski definition) is 2. The zero-order chi connectivity index (χ0) is 17.3. The van der Waals surface area contributed by atoms with Gasteiger partial charge in [0.25, 0.3) is 0 Å². The molecule has 0 aliphatic rings. The lowest BCUT2D eigenvalue weighted by Gasteiger charge is -2.26. The van der Waals surface area contributed by atoms with Gasteiger partial charge in [-0.25, -0.2) is 0 Å². The maximum atomic E-state index is 11.8. The minimum Gasteiger partial charge on any atom is -0.493 e. The van der Waals surface area contributed by atoms with E-state index >= 15 is 0 Å². The Hall–Kier alpha value is -1.79. The second-order valence-corrected chi connectivity index (χ2v) is 5.90. The SMILES string of the molecule is COCCNCC(=O)NCC(C)(C)c1ccc(OC)c(OC)c1. The molecule has 130 valence electrons. The summed E-state index contributed by atoms with van der Waals surface area (Å²) < 4.78 is 15.5. The molecule has 2 N–H and O–H groups in total. The third-order valence-corrected chi connectivity index (χ3v) is 3.66.